The van der Waals surface area contributed by atoms with Crippen molar-refractivity contribution in [3.8, 4) is 0 Å². The Morgan fingerprint density at radius 3 is 2.69 bits per heavy atom. The molecule has 0 aliphatic carbocycles. The van der Waals surface area contributed by atoms with E-state index in [0.29, 0.717) is 13.1 Å². The number of hydrogen-bond donors (Lipinski definition) is 1. The maximum Gasteiger partial charge on any atom is 0.272 e. The average Bonchev–Trinajstić information content (AvgIpc) is 2.26. The normalized spacial score (nSPS) is 10.2. The SMILES string of the molecule is CCN(CCO)c1ccc([N+](=O)[O-])cc1F. The Hall–Kier alpha value is -1.69. The molecule has 0 saturated carbocycles. The van der Waals surface area contributed by atoms with E-state index in [1.165, 1.54) is 12.1 Å². The number of nitrogens with zero attached hydrogens (tertiary/aromatic N) is 2. The molecule has 0 aliphatic rings. The fourth-order valence-corrected chi connectivity index (χ4v) is 1.44. The van der Waals surface area contributed by atoms with Gasteiger partial charge in [0.05, 0.1) is 23.3 Å². The van der Waals surface area contributed by atoms with Crippen LogP contribution in [0.3, 0.4) is 0 Å². The second-order valence-electron chi connectivity index (χ2n) is 3.20. The molecule has 0 amide bonds. The van der Waals surface area contributed by atoms with Gasteiger partial charge in [-0.15, -0.1) is 0 Å². The Morgan fingerprint density at radius 1 is 1.56 bits per heavy atom. The minimum atomic E-state index is -0.649. The molecule has 0 bridgehead atoms. The smallest absolute Gasteiger partial charge is 0.272 e. The Kier molecular flexibility index (Phi) is 4.19. The van der Waals surface area contributed by atoms with Gasteiger partial charge < -0.3 is 10.0 Å². The number of nitro groups is 1. The van der Waals surface area contributed by atoms with Gasteiger partial charge in [-0.2, -0.15) is 0 Å². The number of hydrogen-bond acceptors (Lipinski definition) is 4. The summed E-state index contributed by atoms with van der Waals surface area (Å²) >= 11 is 0. The minimum Gasteiger partial charge on any atom is -0.395 e. The van der Waals surface area contributed by atoms with E-state index in [-0.39, 0.29) is 18.0 Å². The van der Waals surface area contributed by atoms with Crippen LogP contribution in [-0.2, 0) is 0 Å². The van der Waals surface area contributed by atoms with Crippen LogP contribution in [-0.4, -0.2) is 29.7 Å². The van der Waals surface area contributed by atoms with Crippen molar-refractivity contribution in [1.29, 1.82) is 0 Å². The molecule has 1 rings (SSSR count). The molecule has 88 valence electrons. The first-order chi connectivity index (χ1) is 7.60. The molecule has 0 aliphatic heterocycles. The molecule has 1 aromatic rings. The summed E-state index contributed by atoms with van der Waals surface area (Å²) < 4.78 is 13.5. The van der Waals surface area contributed by atoms with Gasteiger partial charge in [-0.1, -0.05) is 0 Å². The van der Waals surface area contributed by atoms with Crippen LogP contribution >= 0.6 is 0 Å². The predicted molar refractivity (Wildman–Crippen MR) is 58.0 cm³/mol. The second-order valence-corrected chi connectivity index (χ2v) is 3.20. The molecule has 0 heterocycles. The molecule has 0 fully saturated rings. The summed E-state index contributed by atoms with van der Waals surface area (Å²) in [6.45, 7) is 2.54. The number of benzene rings is 1. The highest BCUT2D eigenvalue weighted by molar-refractivity contribution is 5.52. The molecule has 0 aromatic heterocycles. The lowest BCUT2D eigenvalue weighted by molar-refractivity contribution is -0.385. The zero-order valence-electron chi connectivity index (χ0n) is 8.89. The van der Waals surface area contributed by atoms with Gasteiger partial charge in [-0.25, -0.2) is 4.39 Å². The zero-order valence-corrected chi connectivity index (χ0v) is 8.89. The van der Waals surface area contributed by atoms with Gasteiger partial charge in [0.25, 0.3) is 5.69 Å². The standard InChI is InChI=1S/C10H13FN2O3/c1-2-12(5-6-14)10-4-3-8(13(15)16)7-9(10)11/h3-4,7,14H,2,5-6H2,1H3. The molecule has 0 unspecified atom stereocenters. The van der Waals surface area contributed by atoms with Crippen LogP contribution in [0.1, 0.15) is 6.92 Å². The molecular formula is C10H13FN2O3. The van der Waals surface area contributed by atoms with Crippen molar-refractivity contribution in [2.45, 2.75) is 6.92 Å². The average molecular weight is 228 g/mol. The number of rotatable bonds is 5. The molecule has 0 atom stereocenters. The number of nitro benzene ring substituents is 1. The van der Waals surface area contributed by atoms with E-state index >= 15 is 0 Å². The molecule has 5 nitrogen and oxygen atoms in total. The molecule has 0 saturated heterocycles. The van der Waals surface area contributed by atoms with E-state index < -0.39 is 10.7 Å². The van der Waals surface area contributed by atoms with Gasteiger partial charge in [0.2, 0.25) is 0 Å². The number of aliphatic hydroxyl groups excluding tert-OH is 1. The van der Waals surface area contributed by atoms with Crippen molar-refractivity contribution in [3.63, 3.8) is 0 Å². The molecule has 0 spiro atoms. The highest BCUT2D eigenvalue weighted by atomic mass is 19.1. The van der Waals surface area contributed by atoms with Gasteiger partial charge in [0.15, 0.2) is 5.82 Å². The van der Waals surface area contributed by atoms with Crippen molar-refractivity contribution in [1.82, 2.24) is 0 Å². The monoisotopic (exact) mass is 228 g/mol. The van der Waals surface area contributed by atoms with Gasteiger partial charge in [0.1, 0.15) is 0 Å². The van der Waals surface area contributed by atoms with E-state index in [0.717, 1.165) is 6.07 Å². The van der Waals surface area contributed by atoms with Gasteiger partial charge in [-0.05, 0) is 13.0 Å². The Morgan fingerprint density at radius 2 is 2.25 bits per heavy atom. The van der Waals surface area contributed by atoms with Crippen molar-refractivity contribution >= 4 is 11.4 Å². The Balaban J connectivity index is 3.01. The largest absolute Gasteiger partial charge is 0.395 e. The second kappa shape index (κ2) is 5.41. The van der Waals surface area contributed by atoms with Gasteiger partial charge in [0, 0.05) is 19.2 Å². The van der Waals surface area contributed by atoms with Crippen molar-refractivity contribution in [3.05, 3.63) is 34.1 Å². The number of aliphatic hydroxyl groups is 1. The summed E-state index contributed by atoms with van der Waals surface area (Å²) in [7, 11) is 0. The first kappa shape index (κ1) is 12.4. The molecule has 16 heavy (non-hydrogen) atoms. The topological polar surface area (TPSA) is 66.6 Å². The fraction of sp³-hybridized carbons (Fsp3) is 0.400. The summed E-state index contributed by atoms with van der Waals surface area (Å²) in [4.78, 5) is 11.4. The van der Waals surface area contributed by atoms with Crippen LogP contribution in [0.5, 0.6) is 0 Å². The highest BCUT2D eigenvalue weighted by Gasteiger charge is 2.14. The molecule has 6 heteroatoms. The third-order valence-electron chi connectivity index (χ3n) is 2.23. The number of halogens is 1. The third-order valence-corrected chi connectivity index (χ3v) is 2.23. The Bertz CT molecular complexity index is 384. The molecular weight excluding hydrogens is 215 g/mol. The van der Waals surface area contributed by atoms with Crippen LogP contribution in [0, 0.1) is 15.9 Å². The summed E-state index contributed by atoms with van der Waals surface area (Å²) in [5.41, 5.74) is -0.0107. The Labute approximate surface area is 92.3 Å². The van der Waals surface area contributed by atoms with Crippen LogP contribution in [0.25, 0.3) is 0 Å². The van der Waals surface area contributed by atoms with Crippen molar-refractivity contribution in [2.75, 3.05) is 24.6 Å². The molecule has 1 N–H and O–H groups in total. The maximum atomic E-state index is 13.5. The first-order valence-corrected chi connectivity index (χ1v) is 4.90. The predicted octanol–water partition coefficient (Wildman–Crippen LogP) is 1.55. The molecule has 0 radical (unpaired) electrons. The third kappa shape index (κ3) is 2.66. The quantitative estimate of drug-likeness (QED) is 0.613. The summed E-state index contributed by atoms with van der Waals surface area (Å²) in [6, 6.07) is 3.49. The van der Waals surface area contributed by atoms with E-state index in [1.54, 1.807) is 4.90 Å². The first-order valence-electron chi connectivity index (χ1n) is 4.90. The van der Waals surface area contributed by atoms with Crippen LogP contribution in [0.4, 0.5) is 15.8 Å². The van der Waals surface area contributed by atoms with Gasteiger partial charge >= 0.3 is 0 Å². The van der Waals surface area contributed by atoms with Crippen molar-refractivity contribution in [2.24, 2.45) is 0 Å². The summed E-state index contributed by atoms with van der Waals surface area (Å²) in [5, 5.41) is 19.2. The lowest BCUT2D eigenvalue weighted by atomic mass is 10.2. The van der Waals surface area contributed by atoms with E-state index in [9.17, 15) is 14.5 Å². The highest BCUT2D eigenvalue weighted by Crippen LogP contribution is 2.23. The zero-order chi connectivity index (χ0) is 12.1. The van der Waals surface area contributed by atoms with E-state index in [1.807, 2.05) is 6.92 Å². The van der Waals surface area contributed by atoms with Crippen LogP contribution in [0.2, 0.25) is 0 Å². The summed E-state index contributed by atoms with van der Waals surface area (Å²) in [6.07, 6.45) is 0. The van der Waals surface area contributed by atoms with Crippen molar-refractivity contribution < 1.29 is 14.4 Å². The van der Waals surface area contributed by atoms with E-state index in [2.05, 4.69) is 0 Å². The number of anilines is 1. The molecule has 1 aromatic carbocycles. The summed E-state index contributed by atoms with van der Waals surface area (Å²) in [5.74, 6) is -0.649. The fourth-order valence-electron chi connectivity index (χ4n) is 1.44. The maximum absolute atomic E-state index is 13.5. The number of likely N-dealkylation sites (N-methyl/N-ethyl adjacent to an activating group) is 1. The lowest BCUT2D eigenvalue weighted by Gasteiger charge is -2.22. The van der Waals surface area contributed by atoms with Gasteiger partial charge in [-0.3, -0.25) is 10.1 Å². The number of non-ortho nitro benzene ring substituents is 1. The van der Waals surface area contributed by atoms with Crippen LogP contribution < -0.4 is 4.90 Å². The lowest BCUT2D eigenvalue weighted by Crippen LogP contribution is -2.27. The van der Waals surface area contributed by atoms with Crippen LogP contribution in [0.15, 0.2) is 18.2 Å². The minimum absolute atomic E-state index is 0.0930. The van der Waals surface area contributed by atoms with E-state index in [4.69, 9.17) is 5.11 Å².